The zero-order chi connectivity index (χ0) is 22.3. The van der Waals surface area contributed by atoms with E-state index in [2.05, 4.69) is 5.32 Å². The van der Waals surface area contributed by atoms with Crippen molar-refractivity contribution in [1.29, 1.82) is 0 Å². The lowest BCUT2D eigenvalue weighted by molar-refractivity contribution is -0.120. The molecule has 1 fully saturated rings. The minimum Gasteiger partial charge on any atom is -0.491 e. The Morgan fingerprint density at radius 1 is 1.06 bits per heavy atom. The van der Waals surface area contributed by atoms with Crippen molar-refractivity contribution in [1.82, 2.24) is 4.31 Å². The molecular formula is C24H32N2O4S. The maximum absolute atomic E-state index is 12.7. The number of piperidine rings is 1. The van der Waals surface area contributed by atoms with Gasteiger partial charge in [0.1, 0.15) is 5.75 Å². The number of benzene rings is 2. The third-order valence-corrected chi connectivity index (χ3v) is 7.38. The highest BCUT2D eigenvalue weighted by atomic mass is 32.2. The van der Waals surface area contributed by atoms with Gasteiger partial charge in [-0.05, 0) is 69.4 Å². The number of amides is 1. The first-order valence-electron chi connectivity index (χ1n) is 10.9. The van der Waals surface area contributed by atoms with Crippen LogP contribution in [0.1, 0.15) is 38.7 Å². The van der Waals surface area contributed by atoms with Crippen LogP contribution in [-0.4, -0.2) is 43.6 Å². The van der Waals surface area contributed by atoms with Gasteiger partial charge in [-0.15, -0.1) is 0 Å². The SMILES string of the molecule is CC(C)Oc1ccc(NC(=O)C2CCN(S(=O)(=O)CCCc3ccccc3)CC2)cc1. The van der Waals surface area contributed by atoms with Crippen molar-refractivity contribution in [2.75, 3.05) is 24.2 Å². The largest absolute Gasteiger partial charge is 0.491 e. The summed E-state index contributed by atoms with van der Waals surface area (Å²) in [6.45, 7) is 4.72. The molecule has 0 aromatic heterocycles. The monoisotopic (exact) mass is 444 g/mol. The highest BCUT2D eigenvalue weighted by Crippen LogP contribution is 2.23. The number of rotatable bonds is 9. The molecule has 0 atom stereocenters. The first-order chi connectivity index (χ1) is 14.8. The van der Waals surface area contributed by atoms with Crippen LogP contribution in [-0.2, 0) is 21.2 Å². The molecule has 3 rings (SSSR count). The van der Waals surface area contributed by atoms with Crippen molar-refractivity contribution < 1.29 is 17.9 Å². The average Bonchev–Trinajstić information content (AvgIpc) is 2.75. The molecule has 1 aliphatic rings. The van der Waals surface area contributed by atoms with E-state index in [1.54, 1.807) is 4.31 Å². The Hall–Kier alpha value is -2.38. The van der Waals surface area contributed by atoms with Crippen LogP contribution in [0.5, 0.6) is 5.75 Å². The second-order valence-corrected chi connectivity index (χ2v) is 10.3. The van der Waals surface area contributed by atoms with Gasteiger partial charge < -0.3 is 10.1 Å². The van der Waals surface area contributed by atoms with E-state index >= 15 is 0 Å². The Balaban J connectivity index is 1.44. The number of hydrogen-bond donors (Lipinski definition) is 1. The number of carbonyl (C=O) groups is 1. The summed E-state index contributed by atoms with van der Waals surface area (Å²) in [6, 6.07) is 17.2. The fraction of sp³-hybridized carbons (Fsp3) is 0.458. The molecule has 7 heteroatoms. The van der Waals surface area contributed by atoms with Gasteiger partial charge in [-0.25, -0.2) is 12.7 Å². The van der Waals surface area contributed by atoms with Gasteiger partial charge in [0.2, 0.25) is 15.9 Å². The number of hydrogen-bond acceptors (Lipinski definition) is 4. The van der Waals surface area contributed by atoms with Crippen LogP contribution < -0.4 is 10.1 Å². The third kappa shape index (κ3) is 7.08. The average molecular weight is 445 g/mol. The van der Waals surface area contributed by atoms with E-state index < -0.39 is 10.0 Å². The Labute approximate surface area is 185 Å². The van der Waals surface area contributed by atoms with Crippen LogP contribution in [0.3, 0.4) is 0 Å². The van der Waals surface area contributed by atoms with Crippen molar-refractivity contribution >= 4 is 21.6 Å². The third-order valence-electron chi connectivity index (χ3n) is 5.42. The number of sulfonamides is 1. The van der Waals surface area contributed by atoms with E-state index in [1.165, 1.54) is 0 Å². The Morgan fingerprint density at radius 2 is 1.71 bits per heavy atom. The minimum atomic E-state index is -3.29. The molecule has 1 aliphatic heterocycles. The summed E-state index contributed by atoms with van der Waals surface area (Å²) in [5.41, 5.74) is 1.87. The van der Waals surface area contributed by atoms with Crippen molar-refractivity contribution in [3.8, 4) is 5.75 Å². The smallest absolute Gasteiger partial charge is 0.227 e. The Bertz CT molecular complexity index is 935. The van der Waals surface area contributed by atoms with E-state index in [0.717, 1.165) is 23.4 Å². The first-order valence-corrected chi connectivity index (χ1v) is 12.5. The molecule has 0 spiro atoms. The van der Waals surface area contributed by atoms with Gasteiger partial charge in [-0.2, -0.15) is 0 Å². The number of aryl methyl sites for hydroxylation is 1. The molecule has 168 valence electrons. The maximum atomic E-state index is 12.7. The van der Waals surface area contributed by atoms with Gasteiger partial charge >= 0.3 is 0 Å². The molecule has 2 aromatic rings. The number of nitrogens with zero attached hydrogens (tertiary/aromatic N) is 1. The van der Waals surface area contributed by atoms with E-state index in [9.17, 15) is 13.2 Å². The molecule has 0 aliphatic carbocycles. The Morgan fingerprint density at radius 3 is 2.32 bits per heavy atom. The van der Waals surface area contributed by atoms with E-state index in [4.69, 9.17) is 4.74 Å². The molecule has 1 N–H and O–H groups in total. The van der Waals surface area contributed by atoms with E-state index in [1.807, 2.05) is 68.4 Å². The van der Waals surface area contributed by atoms with Crippen molar-refractivity contribution in [3.05, 3.63) is 60.2 Å². The van der Waals surface area contributed by atoms with Crippen molar-refractivity contribution in [2.45, 2.75) is 45.6 Å². The van der Waals surface area contributed by atoms with E-state index in [-0.39, 0.29) is 23.7 Å². The van der Waals surface area contributed by atoms with Crippen LogP contribution in [0, 0.1) is 5.92 Å². The van der Waals surface area contributed by atoms with Gasteiger partial charge in [-0.3, -0.25) is 4.79 Å². The summed E-state index contributed by atoms with van der Waals surface area (Å²) in [6.07, 6.45) is 2.53. The fourth-order valence-electron chi connectivity index (χ4n) is 3.76. The van der Waals surface area contributed by atoms with Gasteiger partial charge in [0, 0.05) is 24.7 Å². The van der Waals surface area contributed by atoms with Crippen LogP contribution in [0.25, 0.3) is 0 Å². The van der Waals surface area contributed by atoms with Crippen LogP contribution in [0.15, 0.2) is 54.6 Å². The summed E-state index contributed by atoms with van der Waals surface area (Å²) >= 11 is 0. The zero-order valence-corrected chi connectivity index (χ0v) is 19.1. The maximum Gasteiger partial charge on any atom is 0.227 e. The second kappa shape index (κ2) is 10.8. The lowest BCUT2D eigenvalue weighted by Gasteiger charge is -2.30. The number of ether oxygens (including phenoxy) is 1. The van der Waals surface area contributed by atoms with Crippen LogP contribution in [0.4, 0.5) is 5.69 Å². The number of carbonyl (C=O) groups excluding carboxylic acids is 1. The van der Waals surface area contributed by atoms with Crippen molar-refractivity contribution in [2.24, 2.45) is 5.92 Å². The molecule has 0 radical (unpaired) electrons. The number of nitrogens with one attached hydrogen (secondary N) is 1. The molecule has 0 bridgehead atoms. The molecule has 1 saturated heterocycles. The summed E-state index contributed by atoms with van der Waals surface area (Å²) in [4.78, 5) is 12.6. The summed E-state index contributed by atoms with van der Waals surface area (Å²) in [5, 5.41) is 2.94. The molecule has 0 unspecified atom stereocenters. The first kappa shape index (κ1) is 23.3. The highest BCUT2D eigenvalue weighted by Gasteiger charge is 2.30. The Kier molecular flexibility index (Phi) is 8.09. The van der Waals surface area contributed by atoms with Crippen LogP contribution >= 0.6 is 0 Å². The molecule has 31 heavy (non-hydrogen) atoms. The van der Waals surface area contributed by atoms with Crippen molar-refractivity contribution in [3.63, 3.8) is 0 Å². The molecule has 0 saturated carbocycles. The lowest BCUT2D eigenvalue weighted by Crippen LogP contribution is -2.42. The molecule has 1 heterocycles. The van der Waals surface area contributed by atoms with Crippen LogP contribution in [0.2, 0.25) is 0 Å². The molecular weight excluding hydrogens is 412 g/mol. The lowest BCUT2D eigenvalue weighted by atomic mass is 9.97. The number of anilines is 1. The second-order valence-electron chi connectivity index (χ2n) is 8.26. The van der Waals surface area contributed by atoms with Gasteiger partial charge in [0.15, 0.2) is 0 Å². The predicted molar refractivity (Wildman–Crippen MR) is 124 cm³/mol. The zero-order valence-electron chi connectivity index (χ0n) is 18.3. The van der Waals surface area contributed by atoms with Gasteiger partial charge in [0.25, 0.3) is 0 Å². The summed E-state index contributed by atoms with van der Waals surface area (Å²) < 4.78 is 32.5. The summed E-state index contributed by atoms with van der Waals surface area (Å²) in [5.74, 6) is 0.670. The van der Waals surface area contributed by atoms with E-state index in [0.29, 0.717) is 32.4 Å². The fourth-order valence-corrected chi connectivity index (χ4v) is 5.30. The highest BCUT2D eigenvalue weighted by molar-refractivity contribution is 7.89. The van der Waals surface area contributed by atoms with Gasteiger partial charge in [0.05, 0.1) is 11.9 Å². The molecule has 6 nitrogen and oxygen atoms in total. The normalized spacial score (nSPS) is 15.7. The summed E-state index contributed by atoms with van der Waals surface area (Å²) in [7, 11) is -3.29. The standard InChI is InChI=1S/C24H32N2O4S/c1-19(2)30-23-12-10-22(11-13-23)25-24(27)21-14-16-26(17-15-21)31(28,29)18-6-9-20-7-4-3-5-8-20/h3-5,7-8,10-13,19,21H,6,9,14-18H2,1-2H3,(H,25,27). The topological polar surface area (TPSA) is 75.7 Å². The molecule has 1 amide bonds. The minimum absolute atomic E-state index is 0.0568. The van der Waals surface area contributed by atoms with Gasteiger partial charge in [-0.1, -0.05) is 30.3 Å². The molecule has 2 aromatic carbocycles. The predicted octanol–water partition coefficient (Wildman–Crippen LogP) is 4.09. The quantitative estimate of drug-likeness (QED) is 0.632.